The summed E-state index contributed by atoms with van der Waals surface area (Å²) >= 11 is 0. The summed E-state index contributed by atoms with van der Waals surface area (Å²) in [5.41, 5.74) is -0.281. The zero-order valence-electron chi connectivity index (χ0n) is 9.99. The maximum absolute atomic E-state index is 13.4. The van der Waals surface area contributed by atoms with Crippen molar-refractivity contribution in [1.82, 2.24) is 4.90 Å². The van der Waals surface area contributed by atoms with E-state index in [2.05, 4.69) is 0 Å². The summed E-state index contributed by atoms with van der Waals surface area (Å²) in [5.74, 6) is -1.45. The van der Waals surface area contributed by atoms with E-state index in [1.54, 1.807) is 19.1 Å². The molecule has 0 aliphatic carbocycles. The summed E-state index contributed by atoms with van der Waals surface area (Å²) in [7, 11) is 3.32. The Labute approximate surface area is 99.6 Å². The molecule has 1 aromatic carbocycles. The van der Waals surface area contributed by atoms with Gasteiger partial charge < -0.3 is 14.7 Å². The van der Waals surface area contributed by atoms with E-state index in [9.17, 15) is 13.9 Å². The highest BCUT2D eigenvalue weighted by Crippen LogP contribution is 2.21. The number of halogens is 2. The van der Waals surface area contributed by atoms with Crippen molar-refractivity contribution in [3.8, 4) is 0 Å². The van der Waals surface area contributed by atoms with Crippen molar-refractivity contribution in [3.63, 3.8) is 0 Å². The Bertz CT molecular complexity index is 340. The molecule has 1 unspecified atom stereocenters. The summed E-state index contributed by atoms with van der Waals surface area (Å²) in [6.07, 6.45) is -1.18. The SMILES string of the molecule is COCCN(C)CC(O)c1c(F)cccc1F. The fourth-order valence-electron chi connectivity index (χ4n) is 1.55. The van der Waals surface area contributed by atoms with Crippen molar-refractivity contribution in [2.45, 2.75) is 6.10 Å². The zero-order chi connectivity index (χ0) is 12.8. The maximum atomic E-state index is 13.4. The first-order chi connectivity index (χ1) is 8.06. The van der Waals surface area contributed by atoms with E-state index in [4.69, 9.17) is 4.74 Å². The molecule has 0 spiro atoms. The summed E-state index contributed by atoms with van der Waals surface area (Å²) in [6, 6.07) is 3.54. The molecule has 0 amide bonds. The van der Waals surface area contributed by atoms with Gasteiger partial charge in [0.15, 0.2) is 0 Å². The van der Waals surface area contributed by atoms with Crippen molar-refractivity contribution >= 4 is 0 Å². The Morgan fingerprint density at radius 1 is 1.35 bits per heavy atom. The Morgan fingerprint density at radius 2 is 1.94 bits per heavy atom. The topological polar surface area (TPSA) is 32.7 Å². The number of rotatable bonds is 6. The molecule has 0 radical (unpaired) electrons. The van der Waals surface area contributed by atoms with Gasteiger partial charge in [-0.2, -0.15) is 0 Å². The quantitative estimate of drug-likeness (QED) is 0.826. The van der Waals surface area contributed by atoms with Crippen LogP contribution in [0.3, 0.4) is 0 Å². The van der Waals surface area contributed by atoms with Crippen LogP contribution in [0.5, 0.6) is 0 Å². The molecule has 1 atom stereocenters. The third-order valence-electron chi connectivity index (χ3n) is 2.49. The first-order valence-electron chi connectivity index (χ1n) is 5.35. The van der Waals surface area contributed by atoms with Gasteiger partial charge in [0.1, 0.15) is 11.6 Å². The van der Waals surface area contributed by atoms with E-state index < -0.39 is 17.7 Å². The van der Waals surface area contributed by atoms with Crippen LogP contribution in [0.1, 0.15) is 11.7 Å². The molecule has 0 heterocycles. The smallest absolute Gasteiger partial charge is 0.131 e. The molecule has 0 fully saturated rings. The van der Waals surface area contributed by atoms with Gasteiger partial charge in [-0.05, 0) is 19.2 Å². The lowest BCUT2D eigenvalue weighted by Crippen LogP contribution is -2.28. The van der Waals surface area contributed by atoms with Crippen molar-refractivity contribution in [2.24, 2.45) is 0 Å². The number of likely N-dealkylation sites (N-methyl/N-ethyl adjacent to an activating group) is 1. The fourth-order valence-corrected chi connectivity index (χ4v) is 1.55. The molecule has 5 heteroatoms. The van der Waals surface area contributed by atoms with Crippen molar-refractivity contribution < 1.29 is 18.6 Å². The molecule has 0 bridgehead atoms. The zero-order valence-corrected chi connectivity index (χ0v) is 9.99. The van der Waals surface area contributed by atoms with Crippen molar-refractivity contribution in [1.29, 1.82) is 0 Å². The van der Waals surface area contributed by atoms with Crippen LogP contribution in [0.2, 0.25) is 0 Å². The van der Waals surface area contributed by atoms with Gasteiger partial charge >= 0.3 is 0 Å². The number of aliphatic hydroxyl groups is 1. The maximum Gasteiger partial charge on any atom is 0.131 e. The average molecular weight is 245 g/mol. The summed E-state index contributed by atoms with van der Waals surface area (Å²) < 4.78 is 31.6. The lowest BCUT2D eigenvalue weighted by molar-refractivity contribution is 0.0987. The molecule has 0 aliphatic rings. The predicted octanol–water partition coefficient (Wildman–Crippen LogP) is 1.58. The summed E-state index contributed by atoms with van der Waals surface area (Å²) in [5, 5.41) is 9.79. The van der Waals surface area contributed by atoms with Gasteiger partial charge in [-0.1, -0.05) is 6.07 Å². The number of aliphatic hydroxyl groups excluding tert-OH is 1. The minimum atomic E-state index is -1.18. The van der Waals surface area contributed by atoms with Gasteiger partial charge in [0.05, 0.1) is 18.3 Å². The Hall–Kier alpha value is -1.04. The van der Waals surface area contributed by atoms with Crippen LogP contribution in [0.25, 0.3) is 0 Å². The van der Waals surface area contributed by atoms with Crippen LogP contribution < -0.4 is 0 Å². The Morgan fingerprint density at radius 3 is 2.47 bits per heavy atom. The van der Waals surface area contributed by atoms with Crippen molar-refractivity contribution in [2.75, 3.05) is 33.9 Å². The van der Waals surface area contributed by atoms with Crippen LogP contribution in [0, 0.1) is 11.6 Å². The lowest BCUT2D eigenvalue weighted by atomic mass is 10.1. The fraction of sp³-hybridized carbons (Fsp3) is 0.500. The van der Waals surface area contributed by atoms with Gasteiger partial charge in [0, 0.05) is 20.2 Å². The van der Waals surface area contributed by atoms with Crippen LogP contribution >= 0.6 is 0 Å². The van der Waals surface area contributed by atoms with Gasteiger partial charge in [-0.3, -0.25) is 0 Å². The van der Waals surface area contributed by atoms with E-state index in [0.717, 1.165) is 12.1 Å². The lowest BCUT2D eigenvalue weighted by Gasteiger charge is -2.20. The standard InChI is InChI=1S/C12H17F2NO2/c1-15(6-7-17-2)8-11(16)12-9(13)4-3-5-10(12)14/h3-5,11,16H,6-8H2,1-2H3. The third kappa shape index (κ3) is 4.03. The van der Waals surface area contributed by atoms with Gasteiger partial charge in [0.2, 0.25) is 0 Å². The number of ether oxygens (including phenoxy) is 1. The van der Waals surface area contributed by atoms with Gasteiger partial charge in [-0.25, -0.2) is 8.78 Å². The van der Waals surface area contributed by atoms with E-state index in [-0.39, 0.29) is 12.1 Å². The average Bonchev–Trinajstić information content (AvgIpc) is 2.26. The van der Waals surface area contributed by atoms with E-state index >= 15 is 0 Å². The van der Waals surface area contributed by atoms with Gasteiger partial charge in [-0.15, -0.1) is 0 Å². The van der Waals surface area contributed by atoms with Crippen LogP contribution in [-0.2, 0) is 4.74 Å². The molecule has 1 rings (SSSR count). The number of hydrogen-bond donors (Lipinski definition) is 1. The molecular formula is C12H17F2NO2. The number of hydrogen-bond acceptors (Lipinski definition) is 3. The predicted molar refractivity (Wildman–Crippen MR) is 60.7 cm³/mol. The molecule has 0 aliphatic heterocycles. The minimum Gasteiger partial charge on any atom is -0.387 e. The summed E-state index contributed by atoms with van der Waals surface area (Å²) in [6.45, 7) is 1.24. The highest BCUT2D eigenvalue weighted by Gasteiger charge is 2.18. The monoisotopic (exact) mass is 245 g/mol. The van der Waals surface area contributed by atoms with Crippen molar-refractivity contribution in [3.05, 3.63) is 35.4 Å². The molecule has 0 saturated carbocycles. The molecule has 1 aromatic rings. The molecule has 1 N–H and O–H groups in total. The molecule has 0 aromatic heterocycles. The highest BCUT2D eigenvalue weighted by molar-refractivity contribution is 5.22. The molecular weight excluding hydrogens is 228 g/mol. The second kappa shape index (κ2) is 6.64. The highest BCUT2D eigenvalue weighted by atomic mass is 19.1. The second-order valence-corrected chi connectivity index (χ2v) is 3.91. The Kier molecular flexibility index (Phi) is 5.47. The molecule has 17 heavy (non-hydrogen) atoms. The number of nitrogens with zero attached hydrogens (tertiary/aromatic N) is 1. The number of methoxy groups -OCH3 is 1. The minimum absolute atomic E-state index is 0.154. The van der Waals surface area contributed by atoms with E-state index in [1.165, 1.54) is 6.07 Å². The first kappa shape index (κ1) is 14.0. The third-order valence-corrected chi connectivity index (χ3v) is 2.49. The van der Waals surface area contributed by atoms with Crippen LogP contribution in [0.15, 0.2) is 18.2 Å². The molecule has 0 saturated heterocycles. The summed E-state index contributed by atoms with van der Waals surface area (Å²) in [4.78, 5) is 1.75. The molecule has 3 nitrogen and oxygen atoms in total. The normalized spacial score (nSPS) is 13.1. The number of benzene rings is 1. The molecule has 96 valence electrons. The van der Waals surface area contributed by atoms with E-state index in [1.807, 2.05) is 0 Å². The first-order valence-corrected chi connectivity index (χ1v) is 5.35. The second-order valence-electron chi connectivity index (χ2n) is 3.91. The van der Waals surface area contributed by atoms with E-state index in [0.29, 0.717) is 13.2 Å². The largest absolute Gasteiger partial charge is 0.387 e. The van der Waals surface area contributed by atoms with Crippen LogP contribution in [-0.4, -0.2) is 43.9 Å². The van der Waals surface area contributed by atoms with Gasteiger partial charge in [0.25, 0.3) is 0 Å². The Balaban J connectivity index is 2.66. The van der Waals surface area contributed by atoms with Crippen LogP contribution in [0.4, 0.5) is 8.78 Å².